The molecule has 0 bridgehead atoms. The lowest BCUT2D eigenvalue weighted by Crippen LogP contribution is -2.43. The second-order valence-corrected chi connectivity index (χ2v) is 7.07. The van der Waals surface area contributed by atoms with Gasteiger partial charge in [-0.1, -0.05) is 12.1 Å². The van der Waals surface area contributed by atoms with Crippen molar-refractivity contribution in [1.82, 2.24) is 15.8 Å². The van der Waals surface area contributed by atoms with E-state index in [1.54, 1.807) is 35.6 Å². The molecule has 0 saturated carbocycles. The van der Waals surface area contributed by atoms with E-state index in [4.69, 9.17) is 10.00 Å². The van der Waals surface area contributed by atoms with Gasteiger partial charge in [0.2, 0.25) is 5.91 Å². The highest BCUT2D eigenvalue weighted by Crippen LogP contribution is 2.22. The fourth-order valence-electron chi connectivity index (χ4n) is 2.44. The number of nitrogens with zero attached hydrogens (tertiary/aromatic N) is 2. The van der Waals surface area contributed by atoms with Gasteiger partial charge in [-0.25, -0.2) is 4.98 Å². The number of hydrogen-bond donors (Lipinski definition) is 2. The number of hydrogen-bond acceptors (Lipinski definition) is 6. The molecule has 1 heterocycles. The van der Waals surface area contributed by atoms with Crippen molar-refractivity contribution in [2.75, 3.05) is 6.61 Å². The van der Waals surface area contributed by atoms with Crippen LogP contribution in [0, 0.1) is 11.3 Å². The van der Waals surface area contributed by atoms with E-state index >= 15 is 0 Å². The average Bonchev–Trinajstić information content (AvgIpc) is 3.14. The van der Waals surface area contributed by atoms with Gasteiger partial charge in [0, 0.05) is 6.42 Å². The second-order valence-electron chi connectivity index (χ2n) is 5.95. The van der Waals surface area contributed by atoms with Crippen LogP contribution >= 0.6 is 11.3 Å². The number of benzene rings is 2. The molecule has 3 aromatic rings. The molecular weight excluding hydrogens is 376 g/mol. The summed E-state index contributed by atoms with van der Waals surface area (Å²) in [5.74, 6) is -0.270. The lowest BCUT2D eigenvalue weighted by Gasteiger charge is -2.08. The maximum Gasteiger partial charge on any atom is 0.276 e. The molecular formula is C20H18N4O3S. The standard InChI is InChI=1S/C20H18N4O3S/c21-12-14-8-10-15(11-9-14)27-13-19(26)24-23-18(25)6-3-7-20-22-16-4-1-2-5-17(16)28-20/h1-2,4-5,8-11H,3,6-7,13H2,(H,23,25)(H,24,26). The summed E-state index contributed by atoms with van der Waals surface area (Å²) in [6.45, 7) is -0.238. The minimum Gasteiger partial charge on any atom is -0.484 e. The number of thiazole rings is 1. The molecule has 3 rings (SSSR count). The number of nitrogens with one attached hydrogen (secondary N) is 2. The molecule has 0 radical (unpaired) electrons. The van der Waals surface area contributed by atoms with Crippen LogP contribution in [-0.2, 0) is 16.0 Å². The SMILES string of the molecule is N#Cc1ccc(OCC(=O)NNC(=O)CCCc2nc3ccccc3s2)cc1. The van der Waals surface area contributed by atoms with Crippen molar-refractivity contribution < 1.29 is 14.3 Å². The van der Waals surface area contributed by atoms with Gasteiger partial charge < -0.3 is 4.74 Å². The Morgan fingerprint density at radius 3 is 2.57 bits per heavy atom. The summed E-state index contributed by atoms with van der Waals surface area (Å²) in [5, 5.41) is 9.72. The van der Waals surface area contributed by atoms with Gasteiger partial charge in [-0.05, 0) is 49.2 Å². The first-order valence-electron chi connectivity index (χ1n) is 8.69. The van der Waals surface area contributed by atoms with Crippen LogP contribution in [0.15, 0.2) is 48.5 Å². The van der Waals surface area contributed by atoms with Crippen LogP contribution in [0.5, 0.6) is 5.75 Å². The molecule has 0 atom stereocenters. The summed E-state index contributed by atoms with van der Waals surface area (Å²) < 4.78 is 6.42. The van der Waals surface area contributed by atoms with Crippen molar-refractivity contribution in [3.63, 3.8) is 0 Å². The van der Waals surface area contributed by atoms with Crippen molar-refractivity contribution in [2.45, 2.75) is 19.3 Å². The van der Waals surface area contributed by atoms with E-state index in [0.29, 0.717) is 24.2 Å². The predicted molar refractivity (Wildman–Crippen MR) is 105 cm³/mol. The zero-order chi connectivity index (χ0) is 19.8. The molecule has 8 heteroatoms. The molecule has 0 saturated heterocycles. The predicted octanol–water partition coefficient (Wildman–Crippen LogP) is 2.72. The van der Waals surface area contributed by atoms with Crippen molar-refractivity contribution in [3.05, 3.63) is 59.1 Å². The lowest BCUT2D eigenvalue weighted by atomic mass is 10.2. The van der Waals surface area contributed by atoms with Gasteiger partial charge in [0.1, 0.15) is 5.75 Å². The third kappa shape index (κ3) is 5.53. The number of nitriles is 1. The van der Waals surface area contributed by atoms with Gasteiger partial charge in [0.15, 0.2) is 6.61 Å². The molecule has 7 nitrogen and oxygen atoms in total. The number of ether oxygens (including phenoxy) is 1. The van der Waals surface area contributed by atoms with Crippen LogP contribution in [-0.4, -0.2) is 23.4 Å². The number of fused-ring (bicyclic) bond motifs is 1. The minimum atomic E-state index is -0.469. The number of amides is 2. The third-order valence-electron chi connectivity index (χ3n) is 3.83. The minimum absolute atomic E-state index is 0.238. The van der Waals surface area contributed by atoms with Crippen LogP contribution in [0.25, 0.3) is 10.2 Å². The highest BCUT2D eigenvalue weighted by atomic mass is 32.1. The maximum absolute atomic E-state index is 11.8. The van der Waals surface area contributed by atoms with E-state index in [9.17, 15) is 9.59 Å². The van der Waals surface area contributed by atoms with Gasteiger partial charge in [0.05, 0.1) is 26.9 Å². The van der Waals surface area contributed by atoms with Gasteiger partial charge in [-0.2, -0.15) is 5.26 Å². The number of carbonyl (C=O) groups excluding carboxylic acids is 2. The monoisotopic (exact) mass is 394 g/mol. The molecule has 0 aliphatic rings. The van der Waals surface area contributed by atoms with Crippen molar-refractivity contribution >= 4 is 33.4 Å². The normalized spacial score (nSPS) is 10.2. The van der Waals surface area contributed by atoms with E-state index in [0.717, 1.165) is 15.2 Å². The summed E-state index contributed by atoms with van der Waals surface area (Å²) in [5.41, 5.74) is 6.17. The molecule has 0 aliphatic heterocycles. The molecule has 1 aromatic heterocycles. The first kappa shape index (κ1) is 19.3. The smallest absolute Gasteiger partial charge is 0.276 e. The zero-order valence-corrected chi connectivity index (χ0v) is 15.8. The van der Waals surface area contributed by atoms with Gasteiger partial charge in [0.25, 0.3) is 5.91 Å². The molecule has 0 aliphatic carbocycles. The number of aryl methyl sites for hydroxylation is 1. The molecule has 28 heavy (non-hydrogen) atoms. The Kier molecular flexibility index (Phi) is 6.54. The van der Waals surface area contributed by atoms with Crippen molar-refractivity contribution in [3.8, 4) is 11.8 Å². The Morgan fingerprint density at radius 2 is 1.82 bits per heavy atom. The van der Waals surface area contributed by atoms with Gasteiger partial charge >= 0.3 is 0 Å². The zero-order valence-electron chi connectivity index (χ0n) is 15.0. The molecule has 2 N–H and O–H groups in total. The number of para-hydroxylation sites is 1. The van der Waals surface area contributed by atoms with Crippen LogP contribution in [0.4, 0.5) is 0 Å². The number of rotatable bonds is 7. The second kappa shape index (κ2) is 9.48. The molecule has 0 unspecified atom stereocenters. The Bertz CT molecular complexity index is 975. The van der Waals surface area contributed by atoms with Gasteiger partial charge in [-0.3, -0.25) is 20.4 Å². The molecule has 142 valence electrons. The van der Waals surface area contributed by atoms with E-state index < -0.39 is 5.91 Å². The van der Waals surface area contributed by atoms with Gasteiger partial charge in [-0.15, -0.1) is 11.3 Å². The van der Waals surface area contributed by atoms with E-state index in [2.05, 4.69) is 15.8 Å². The summed E-state index contributed by atoms with van der Waals surface area (Å²) in [7, 11) is 0. The van der Waals surface area contributed by atoms with Crippen LogP contribution < -0.4 is 15.6 Å². The Balaban J connectivity index is 1.33. The van der Waals surface area contributed by atoms with Crippen LogP contribution in [0.1, 0.15) is 23.4 Å². The van der Waals surface area contributed by atoms with Crippen molar-refractivity contribution in [2.24, 2.45) is 0 Å². The van der Waals surface area contributed by atoms with Crippen LogP contribution in [0.3, 0.4) is 0 Å². The number of aromatic nitrogens is 1. The van der Waals surface area contributed by atoms with Crippen molar-refractivity contribution in [1.29, 1.82) is 5.26 Å². The highest BCUT2D eigenvalue weighted by molar-refractivity contribution is 7.18. The third-order valence-corrected chi connectivity index (χ3v) is 4.92. The summed E-state index contributed by atoms with van der Waals surface area (Å²) >= 11 is 1.63. The first-order valence-corrected chi connectivity index (χ1v) is 9.51. The molecule has 2 aromatic carbocycles. The first-order chi connectivity index (χ1) is 13.6. The maximum atomic E-state index is 11.8. The Morgan fingerprint density at radius 1 is 1.07 bits per heavy atom. The van der Waals surface area contributed by atoms with E-state index in [-0.39, 0.29) is 18.9 Å². The molecule has 0 fully saturated rings. The highest BCUT2D eigenvalue weighted by Gasteiger charge is 2.08. The quantitative estimate of drug-likeness (QED) is 0.600. The number of carbonyl (C=O) groups is 2. The summed E-state index contributed by atoms with van der Waals surface area (Å²) in [6.07, 6.45) is 1.64. The lowest BCUT2D eigenvalue weighted by molar-refractivity contribution is -0.130. The fraction of sp³-hybridized carbons (Fsp3) is 0.200. The van der Waals surface area contributed by atoms with E-state index in [1.165, 1.54) is 0 Å². The van der Waals surface area contributed by atoms with E-state index in [1.807, 2.05) is 30.3 Å². The summed E-state index contributed by atoms with van der Waals surface area (Å²) in [6, 6.07) is 16.3. The number of hydrazine groups is 1. The largest absolute Gasteiger partial charge is 0.484 e. The molecule has 0 spiro atoms. The average molecular weight is 394 g/mol. The Hall–Kier alpha value is -3.44. The summed E-state index contributed by atoms with van der Waals surface area (Å²) in [4.78, 5) is 28.1. The Labute approximate surface area is 165 Å². The van der Waals surface area contributed by atoms with Crippen LogP contribution in [0.2, 0.25) is 0 Å². The molecule has 2 amide bonds. The topological polar surface area (TPSA) is 104 Å². The fourth-order valence-corrected chi connectivity index (χ4v) is 3.45.